The highest BCUT2D eigenvalue weighted by Gasteiger charge is 2.32. The maximum absolute atomic E-state index is 13.8. The average Bonchev–Trinajstić information content (AvgIpc) is 3.08. The van der Waals surface area contributed by atoms with Crippen molar-refractivity contribution in [3.63, 3.8) is 0 Å². The number of aliphatic hydroxyl groups is 1. The van der Waals surface area contributed by atoms with E-state index in [4.69, 9.17) is 4.74 Å². The minimum atomic E-state index is -3.98. The van der Waals surface area contributed by atoms with Crippen LogP contribution in [0.1, 0.15) is 42.5 Å². The Labute approximate surface area is 290 Å². The van der Waals surface area contributed by atoms with Gasteiger partial charge >= 0.3 is 0 Å². The van der Waals surface area contributed by atoms with Crippen LogP contribution in [0, 0.1) is 19.8 Å². The first-order valence-electron chi connectivity index (χ1n) is 16.5. The molecular weight excluding hydrogens is 639 g/mol. The number of aryl methyl sites for hydroxylation is 2. The van der Waals surface area contributed by atoms with Crippen molar-refractivity contribution in [3.05, 3.63) is 131 Å². The summed E-state index contributed by atoms with van der Waals surface area (Å²) in [4.78, 5) is 27.1. The van der Waals surface area contributed by atoms with Crippen LogP contribution in [-0.4, -0.2) is 56.2 Å². The first kappa shape index (κ1) is 37.3. The lowest BCUT2D eigenvalue weighted by Gasteiger charge is -2.30. The molecule has 260 valence electrons. The fraction of sp³-hybridized carbons (Fsp3) is 0.333. The molecule has 0 aromatic heterocycles. The molecule has 0 aliphatic rings. The van der Waals surface area contributed by atoms with Gasteiger partial charge in [-0.3, -0.25) is 9.59 Å². The highest BCUT2D eigenvalue weighted by molar-refractivity contribution is 7.89. The number of sulfonamides is 1. The molecule has 0 bridgehead atoms. The summed E-state index contributed by atoms with van der Waals surface area (Å²) in [6.07, 6.45) is -0.264. The highest BCUT2D eigenvalue weighted by atomic mass is 32.2. The number of carbonyl (C=O) groups is 2. The van der Waals surface area contributed by atoms with Gasteiger partial charge in [0.05, 0.1) is 17.0 Å². The largest absolute Gasteiger partial charge is 0.483 e. The van der Waals surface area contributed by atoms with Crippen molar-refractivity contribution in [2.75, 3.05) is 6.61 Å². The molecule has 4 aromatic carbocycles. The Kier molecular flexibility index (Phi) is 13.5. The second kappa shape index (κ2) is 17.8. The fourth-order valence-corrected chi connectivity index (χ4v) is 7.10. The average molecular weight is 686 g/mol. The summed E-state index contributed by atoms with van der Waals surface area (Å²) in [6.45, 7) is 7.14. The number of hydrogen-bond acceptors (Lipinski definition) is 6. The smallest absolute Gasteiger partial charge is 0.258 e. The van der Waals surface area contributed by atoms with Crippen molar-refractivity contribution < 1.29 is 27.9 Å². The van der Waals surface area contributed by atoms with E-state index in [2.05, 4.69) is 15.4 Å². The van der Waals surface area contributed by atoms with Crippen LogP contribution < -0.4 is 20.1 Å². The van der Waals surface area contributed by atoms with Crippen molar-refractivity contribution >= 4 is 21.8 Å². The fourth-order valence-electron chi connectivity index (χ4n) is 5.73. The van der Waals surface area contributed by atoms with Gasteiger partial charge in [-0.2, -0.15) is 4.72 Å². The summed E-state index contributed by atoms with van der Waals surface area (Å²) in [6, 6.07) is 30.4. The van der Waals surface area contributed by atoms with E-state index in [0.717, 1.165) is 22.3 Å². The molecule has 0 radical (unpaired) electrons. The van der Waals surface area contributed by atoms with Gasteiger partial charge in [0.2, 0.25) is 15.9 Å². The quantitative estimate of drug-likeness (QED) is 0.125. The monoisotopic (exact) mass is 685 g/mol. The van der Waals surface area contributed by atoms with Gasteiger partial charge in [-0.15, -0.1) is 0 Å². The van der Waals surface area contributed by atoms with E-state index < -0.39 is 40.2 Å². The number of rotatable bonds is 17. The van der Waals surface area contributed by atoms with Crippen LogP contribution >= 0.6 is 0 Å². The Balaban J connectivity index is 1.53. The first-order valence-corrected chi connectivity index (χ1v) is 18.0. The lowest BCUT2D eigenvalue weighted by molar-refractivity contribution is -0.126. The second-order valence-electron chi connectivity index (χ2n) is 12.7. The van der Waals surface area contributed by atoms with Gasteiger partial charge in [-0.25, -0.2) is 8.42 Å². The third kappa shape index (κ3) is 11.3. The van der Waals surface area contributed by atoms with Gasteiger partial charge in [0.15, 0.2) is 6.61 Å². The molecule has 9 nitrogen and oxygen atoms in total. The number of ether oxygens (including phenoxy) is 1. The van der Waals surface area contributed by atoms with Gasteiger partial charge in [-0.05, 0) is 73.4 Å². The van der Waals surface area contributed by atoms with Crippen LogP contribution in [0.4, 0.5) is 0 Å². The number of hydrogen-bond donors (Lipinski definition) is 4. The minimum Gasteiger partial charge on any atom is -0.483 e. The van der Waals surface area contributed by atoms with Crippen molar-refractivity contribution in [2.45, 2.75) is 76.1 Å². The summed E-state index contributed by atoms with van der Waals surface area (Å²) < 4.78 is 34.8. The number of para-hydroxylation sites is 1. The molecule has 0 aliphatic heterocycles. The number of benzene rings is 4. The summed E-state index contributed by atoms with van der Waals surface area (Å²) in [5.41, 5.74) is 3.68. The van der Waals surface area contributed by atoms with Crippen LogP contribution in [-0.2, 0) is 32.5 Å². The normalized spacial score (nSPS) is 14.0. The van der Waals surface area contributed by atoms with Gasteiger partial charge in [0, 0.05) is 6.04 Å². The molecule has 10 heteroatoms. The Morgan fingerprint density at radius 2 is 1.27 bits per heavy atom. The van der Waals surface area contributed by atoms with Gasteiger partial charge in [0.1, 0.15) is 11.8 Å². The van der Waals surface area contributed by atoms with E-state index in [-0.39, 0.29) is 29.7 Å². The van der Waals surface area contributed by atoms with E-state index in [1.807, 2.05) is 92.7 Å². The molecule has 0 heterocycles. The third-order valence-corrected chi connectivity index (χ3v) is 9.80. The predicted octanol–water partition coefficient (Wildman–Crippen LogP) is 4.89. The Morgan fingerprint density at radius 1 is 0.735 bits per heavy atom. The Morgan fingerprint density at radius 3 is 1.82 bits per heavy atom. The van der Waals surface area contributed by atoms with Gasteiger partial charge in [0.25, 0.3) is 5.91 Å². The standard InChI is InChI=1S/C39H47N3O6S/c1-27(2)37(42-49(46,47)33-21-12-7-13-22-33)39(45)40-32(23-30-17-8-5-9-18-30)25-35(43)34(24-31-19-10-6-11-20-31)41-36(44)26-48-38-28(3)15-14-16-29(38)4/h5-22,27,32,34-35,37,42-43H,23-26H2,1-4H3,(H,40,45)(H,41,44)/t32-,34-,35-,37-/m0/s1. The highest BCUT2D eigenvalue weighted by Crippen LogP contribution is 2.22. The third-order valence-electron chi connectivity index (χ3n) is 8.35. The zero-order valence-electron chi connectivity index (χ0n) is 28.5. The molecule has 0 spiro atoms. The Bertz CT molecular complexity index is 1730. The van der Waals surface area contributed by atoms with Crippen LogP contribution in [0.15, 0.2) is 114 Å². The van der Waals surface area contributed by atoms with E-state index in [0.29, 0.717) is 18.6 Å². The second-order valence-corrected chi connectivity index (χ2v) is 14.4. The van der Waals surface area contributed by atoms with Crippen LogP contribution in [0.2, 0.25) is 0 Å². The number of nitrogens with one attached hydrogen (secondary N) is 3. The summed E-state index contributed by atoms with van der Waals surface area (Å²) in [7, 11) is -3.98. The summed E-state index contributed by atoms with van der Waals surface area (Å²) >= 11 is 0. The van der Waals surface area contributed by atoms with Crippen LogP contribution in [0.5, 0.6) is 5.75 Å². The molecule has 0 fully saturated rings. The van der Waals surface area contributed by atoms with E-state index in [1.165, 1.54) is 12.1 Å². The molecule has 0 aliphatic carbocycles. The van der Waals surface area contributed by atoms with Crippen LogP contribution in [0.3, 0.4) is 0 Å². The van der Waals surface area contributed by atoms with Crippen molar-refractivity contribution in [1.29, 1.82) is 0 Å². The number of carbonyl (C=O) groups excluding carboxylic acids is 2. The van der Waals surface area contributed by atoms with E-state index in [1.54, 1.807) is 32.0 Å². The molecule has 0 saturated carbocycles. The maximum atomic E-state index is 13.8. The molecule has 0 saturated heterocycles. The summed E-state index contributed by atoms with van der Waals surface area (Å²) in [5.74, 6) is -0.622. The lowest BCUT2D eigenvalue weighted by Crippen LogP contribution is -2.54. The molecule has 4 aromatic rings. The topological polar surface area (TPSA) is 134 Å². The predicted molar refractivity (Wildman–Crippen MR) is 192 cm³/mol. The molecule has 4 N–H and O–H groups in total. The first-order chi connectivity index (χ1) is 23.4. The molecule has 0 unspecified atom stereocenters. The number of aliphatic hydroxyl groups excluding tert-OH is 1. The van der Waals surface area contributed by atoms with E-state index >= 15 is 0 Å². The van der Waals surface area contributed by atoms with Gasteiger partial charge < -0.3 is 20.5 Å². The van der Waals surface area contributed by atoms with Gasteiger partial charge in [-0.1, -0.05) is 111 Å². The molecule has 2 amide bonds. The Hall–Kier alpha value is -4.51. The minimum absolute atomic E-state index is 0.0609. The molecular formula is C39H47N3O6S. The molecule has 4 rings (SSSR count). The number of amides is 2. The lowest BCUT2D eigenvalue weighted by atomic mass is 9.93. The van der Waals surface area contributed by atoms with Crippen LogP contribution in [0.25, 0.3) is 0 Å². The maximum Gasteiger partial charge on any atom is 0.258 e. The zero-order chi connectivity index (χ0) is 35.4. The van der Waals surface area contributed by atoms with Crippen molar-refractivity contribution in [3.8, 4) is 5.75 Å². The van der Waals surface area contributed by atoms with E-state index in [9.17, 15) is 23.1 Å². The molecule has 4 atom stereocenters. The summed E-state index contributed by atoms with van der Waals surface area (Å²) in [5, 5.41) is 17.7. The van der Waals surface area contributed by atoms with Crippen molar-refractivity contribution in [2.24, 2.45) is 5.92 Å². The SMILES string of the molecule is Cc1cccc(C)c1OCC(=O)N[C@@H](Cc1ccccc1)[C@@H](O)C[C@H](Cc1ccccc1)NC(=O)[C@@H](NS(=O)(=O)c1ccccc1)C(C)C. The zero-order valence-corrected chi connectivity index (χ0v) is 29.3. The molecule has 49 heavy (non-hydrogen) atoms. The van der Waals surface area contributed by atoms with Crippen molar-refractivity contribution in [1.82, 2.24) is 15.4 Å².